The summed E-state index contributed by atoms with van der Waals surface area (Å²) in [6.07, 6.45) is 0.980. The fraction of sp³-hybridized carbons (Fsp3) is 0.562. The number of aliphatic imine (C=N–C) groups is 1. The van der Waals surface area contributed by atoms with Gasteiger partial charge < -0.3 is 20.3 Å². The van der Waals surface area contributed by atoms with Gasteiger partial charge in [-0.25, -0.2) is 0 Å². The van der Waals surface area contributed by atoms with Crippen molar-refractivity contribution in [2.45, 2.75) is 12.5 Å². The van der Waals surface area contributed by atoms with Crippen LogP contribution in [0.25, 0.3) is 0 Å². The van der Waals surface area contributed by atoms with E-state index < -0.39 is 0 Å². The SMILES string of the molecule is CN(C)C(CN=C(N)N1CCOCC1)Cc1ccccc1.I. The van der Waals surface area contributed by atoms with Crippen LogP contribution in [0.5, 0.6) is 0 Å². The first-order valence-corrected chi connectivity index (χ1v) is 7.50. The number of halogens is 1. The number of rotatable bonds is 5. The molecule has 1 aliphatic rings. The Hall–Kier alpha value is -0.860. The third kappa shape index (κ3) is 6.10. The van der Waals surface area contributed by atoms with Crippen LogP contribution < -0.4 is 5.73 Å². The molecule has 0 aliphatic carbocycles. The number of likely N-dealkylation sites (N-methyl/N-ethyl adjacent to an activating group) is 1. The Balaban J connectivity index is 0.00000242. The molecule has 1 heterocycles. The van der Waals surface area contributed by atoms with Gasteiger partial charge in [-0.15, -0.1) is 24.0 Å². The molecule has 1 saturated heterocycles. The van der Waals surface area contributed by atoms with Crippen LogP contribution in [-0.4, -0.2) is 68.7 Å². The van der Waals surface area contributed by atoms with E-state index in [0.29, 0.717) is 18.5 Å². The molecule has 1 atom stereocenters. The number of ether oxygens (including phenoxy) is 1. The Morgan fingerprint density at radius 3 is 2.50 bits per heavy atom. The molecule has 1 aromatic carbocycles. The summed E-state index contributed by atoms with van der Waals surface area (Å²) in [6, 6.07) is 10.9. The van der Waals surface area contributed by atoms with Crippen LogP contribution in [0.1, 0.15) is 5.56 Å². The zero-order valence-electron chi connectivity index (χ0n) is 13.4. The van der Waals surface area contributed by atoms with Crippen molar-refractivity contribution < 1.29 is 4.74 Å². The molecule has 0 spiro atoms. The van der Waals surface area contributed by atoms with Gasteiger partial charge in [-0.05, 0) is 26.1 Å². The van der Waals surface area contributed by atoms with Crippen molar-refractivity contribution in [3.63, 3.8) is 0 Å². The van der Waals surface area contributed by atoms with E-state index in [4.69, 9.17) is 10.5 Å². The molecule has 0 amide bonds. The Morgan fingerprint density at radius 1 is 1.27 bits per heavy atom. The van der Waals surface area contributed by atoms with Gasteiger partial charge in [-0.2, -0.15) is 0 Å². The van der Waals surface area contributed by atoms with Gasteiger partial charge in [0.1, 0.15) is 0 Å². The molecule has 1 unspecified atom stereocenters. The number of hydrogen-bond acceptors (Lipinski definition) is 3. The molecule has 1 fully saturated rings. The highest BCUT2D eigenvalue weighted by Crippen LogP contribution is 2.07. The van der Waals surface area contributed by atoms with Gasteiger partial charge in [0.25, 0.3) is 0 Å². The van der Waals surface area contributed by atoms with Gasteiger partial charge in [0.2, 0.25) is 0 Å². The maximum Gasteiger partial charge on any atom is 0.191 e. The molecule has 2 rings (SSSR count). The maximum absolute atomic E-state index is 6.09. The van der Waals surface area contributed by atoms with Crippen molar-refractivity contribution in [2.24, 2.45) is 10.7 Å². The van der Waals surface area contributed by atoms with Crippen LogP contribution in [0, 0.1) is 0 Å². The smallest absolute Gasteiger partial charge is 0.191 e. The molecule has 22 heavy (non-hydrogen) atoms. The average molecular weight is 418 g/mol. The van der Waals surface area contributed by atoms with Crippen LogP contribution in [0.3, 0.4) is 0 Å². The lowest BCUT2D eigenvalue weighted by atomic mass is 10.1. The van der Waals surface area contributed by atoms with Crippen molar-refractivity contribution in [1.29, 1.82) is 0 Å². The topological polar surface area (TPSA) is 54.1 Å². The van der Waals surface area contributed by atoms with Gasteiger partial charge in [0.05, 0.1) is 19.8 Å². The fourth-order valence-corrected chi connectivity index (χ4v) is 2.39. The van der Waals surface area contributed by atoms with Gasteiger partial charge >= 0.3 is 0 Å². The van der Waals surface area contributed by atoms with Crippen LogP contribution in [0.4, 0.5) is 0 Å². The highest BCUT2D eigenvalue weighted by atomic mass is 127. The van der Waals surface area contributed by atoms with E-state index in [2.05, 4.69) is 53.2 Å². The summed E-state index contributed by atoms with van der Waals surface area (Å²) in [5.41, 5.74) is 7.42. The molecule has 0 aromatic heterocycles. The highest BCUT2D eigenvalue weighted by Gasteiger charge is 2.15. The first-order valence-electron chi connectivity index (χ1n) is 7.50. The highest BCUT2D eigenvalue weighted by molar-refractivity contribution is 14.0. The number of morpholine rings is 1. The predicted molar refractivity (Wildman–Crippen MR) is 102 cm³/mol. The third-order valence-corrected chi connectivity index (χ3v) is 3.84. The largest absolute Gasteiger partial charge is 0.378 e. The number of nitrogens with zero attached hydrogens (tertiary/aromatic N) is 3. The second-order valence-electron chi connectivity index (χ2n) is 5.61. The van der Waals surface area contributed by atoms with Crippen LogP contribution in [-0.2, 0) is 11.2 Å². The Morgan fingerprint density at radius 2 is 1.91 bits per heavy atom. The van der Waals surface area contributed by atoms with E-state index in [1.165, 1.54) is 5.56 Å². The van der Waals surface area contributed by atoms with E-state index >= 15 is 0 Å². The van der Waals surface area contributed by atoms with Crippen molar-refractivity contribution >= 4 is 29.9 Å². The summed E-state index contributed by atoms with van der Waals surface area (Å²) in [4.78, 5) is 8.90. The molecule has 1 aromatic rings. The summed E-state index contributed by atoms with van der Waals surface area (Å²) in [6.45, 7) is 3.85. The number of benzene rings is 1. The summed E-state index contributed by atoms with van der Waals surface area (Å²) in [5.74, 6) is 0.637. The zero-order chi connectivity index (χ0) is 15.1. The van der Waals surface area contributed by atoms with E-state index in [1.807, 2.05) is 6.07 Å². The summed E-state index contributed by atoms with van der Waals surface area (Å²) >= 11 is 0. The number of hydrogen-bond donors (Lipinski definition) is 1. The summed E-state index contributed by atoms with van der Waals surface area (Å²) < 4.78 is 5.33. The Bertz CT molecular complexity index is 447. The summed E-state index contributed by atoms with van der Waals surface area (Å²) in [5, 5.41) is 0. The normalized spacial score (nSPS) is 17.2. The number of guanidine groups is 1. The molecular formula is C16H27IN4O. The minimum atomic E-state index is 0. The molecular weight excluding hydrogens is 391 g/mol. The second-order valence-corrected chi connectivity index (χ2v) is 5.61. The van der Waals surface area contributed by atoms with Gasteiger partial charge in [-0.1, -0.05) is 30.3 Å². The molecule has 124 valence electrons. The van der Waals surface area contributed by atoms with E-state index in [0.717, 1.165) is 32.7 Å². The lowest BCUT2D eigenvalue weighted by Gasteiger charge is -2.28. The minimum Gasteiger partial charge on any atom is -0.378 e. The molecule has 6 heteroatoms. The first-order chi connectivity index (χ1) is 10.2. The maximum atomic E-state index is 6.09. The molecule has 2 N–H and O–H groups in total. The first kappa shape index (κ1) is 19.2. The van der Waals surface area contributed by atoms with Gasteiger partial charge in [0.15, 0.2) is 5.96 Å². The zero-order valence-corrected chi connectivity index (χ0v) is 15.8. The molecule has 0 bridgehead atoms. The third-order valence-electron chi connectivity index (χ3n) is 3.84. The number of nitrogens with two attached hydrogens (primary N) is 1. The van der Waals surface area contributed by atoms with Crippen LogP contribution in [0.2, 0.25) is 0 Å². The molecule has 0 saturated carbocycles. The second kappa shape index (κ2) is 10.0. The monoisotopic (exact) mass is 418 g/mol. The Kier molecular flexibility index (Phi) is 8.74. The van der Waals surface area contributed by atoms with Gasteiger partial charge in [-0.3, -0.25) is 4.99 Å². The van der Waals surface area contributed by atoms with E-state index in [9.17, 15) is 0 Å². The van der Waals surface area contributed by atoms with Gasteiger partial charge in [0, 0.05) is 19.1 Å². The van der Waals surface area contributed by atoms with E-state index in [1.54, 1.807) is 0 Å². The molecule has 1 aliphatic heterocycles. The summed E-state index contributed by atoms with van der Waals surface area (Å²) in [7, 11) is 4.18. The van der Waals surface area contributed by atoms with Crippen molar-refractivity contribution in [3.05, 3.63) is 35.9 Å². The lowest BCUT2D eigenvalue weighted by molar-refractivity contribution is 0.0673. The van der Waals surface area contributed by atoms with E-state index in [-0.39, 0.29) is 24.0 Å². The molecule has 0 radical (unpaired) electrons. The quantitative estimate of drug-likeness (QED) is 0.447. The lowest BCUT2D eigenvalue weighted by Crippen LogP contribution is -2.45. The average Bonchev–Trinajstić information content (AvgIpc) is 2.52. The van der Waals surface area contributed by atoms with Crippen LogP contribution in [0.15, 0.2) is 35.3 Å². The Labute approximate surface area is 150 Å². The van der Waals surface area contributed by atoms with Crippen LogP contribution >= 0.6 is 24.0 Å². The minimum absolute atomic E-state index is 0. The van der Waals surface area contributed by atoms with Crippen molar-refractivity contribution in [2.75, 3.05) is 46.9 Å². The van der Waals surface area contributed by atoms with Crippen molar-refractivity contribution in [1.82, 2.24) is 9.80 Å². The predicted octanol–water partition coefficient (Wildman–Crippen LogP) is 1.42. The van der Waals surface area contributed by atoms with Crippen molar-refractivity contribution in [3.8, 4) is 0 Å². The standard InChI is InChI=1S/C16H26N4O.HI/c1-19(2)15(12-14-6-4-3-5-7-14)13-18-16(17)20-8-10-21-11-9-20;/h3-7,15H,8-13H2,1-2H3,(H2,17,18);1H. The molecule has 5 nitrogen and oxygen atoms in total. The fourth-order valence-electron chi connectivity index (χ4n) is 2.39.